The molecule has 0 aliphatic rings. The summed E-state index contributed by atoms with van der Waals surface area (Å²) in [5, 5.41) is 2.97. The summed E-state index contributed by atoms with van der Waals surface area (Å²) in [7, 11) is 0. The normalized spacial score (nSPS) is 10.4. The SMILES string of the molecule is CC(C)Oc1cccc(C(=O)NC(=S)N(CCC(N)=O)Cc2ccccc2)c1. The van der Waals surface area contributed by atoms with Crippen LogP contribution in [0.5, 0.6) is 5.75 Å². The van der Waals surface area contributed by atoms with Gasteiger partial charge in [-0.3, -0.25) is 14.9 Å². The molecular formula is C21H25N3O3S. The number of carbonyl (C=O) groups is 2. The molecule has 2 rings (SSSR count). The minimum atomic E-state index is -0.425. The highest BCUT2D eigenvalue weighted by Crippen LogP contribution is 2.15. The van der Waals surface area contributed by atoms with E-state index in [2.05, 4.69) is 5.32 Å². The molecule has 6 nitrogen and oxygen atoms in total. The van der Waals surface area contributed by atoms with E-state index < -0.39 is 5.91 Å². The first-order valence-corrected chi connectivity index (χ1v) is 9.45. The lowest BCUT2D eigenvalue weighted by Gasteiger charge is -2.25. The van der Waals surface area contributed by atoms with Crippen LogP contribution in [-0.4, -0.2) is 34.5 Å². The Bertz CT molecular complexity index is 825. The Labute approximate surface area is 170 Å². The van der Waals surface area contributed by atoms with E-state index in [9.17, 15) is 9.59 Å². The fraction of sp³-hybridized carbons (Fsp3) is 0.286. The third-order valence-corrected chi connectivity index (χ3v) is 4.18. The van der Waals surface area contributed by atoms with Gasteiger partial charge in [-0.1, -0.05) is 36.4 Å². The Kier molecular flexibility index (Phi) is 7.95. The van der Waals surface area contributed by atoms with Gasteiger partial charge in [-0.2, -0.15) is 0 Å². The number of nitrogens with zero attached hydrogens (tertiary/aromatic N) is 1. The molecule has 0 radical (unpaired) electrons. The molecule has 0 bridgehead atoms. The zero-order chi connectivity index (χ0) is 20.5. The smallest absolute Gasteiger partial charge is 0.257 e. The predicted molar refractivity (Wildman–Crippen MR) is 113 cm³/mol. The van der Waals surface area contributed by atoms with E-state index in [0.29, 0.717) is 24.4 Å². The van der Waals surface area contributed by atoms with Gasteiger partial charge >= 0.3 is 0 Å². The third-order valence-electron chi connectivity index (χ3n) is 3.82. The van der Waals surface area contributed by atoms with Crippen LogP contribution in [0.3, 0.4) is 0 Å². The van der Waals surface area contributed by atoms with Gasteiger partial charge in [-0.25, -0.2) is 0 Å². The standard InChI is InChI=1S/C21H25N3O3S/c1-15(2)27-18-10-6-9-17(13-18)20(26)23-21(28)24(12-11-19(22)25)14-16-7-4-3-5-8-16/h3-10,13,15H,11-12,14H2,1-2H3,(H2,22,25)(H,23,26,28). The fourth-order valence-electron chi connectivity index (χ4n) is 2.53. The predicted octanol–water partition coefficient (Wildman–Crippen LogP) is 2.87. The van der Waals surface area contributed by atoms with E-state index >= 15 is 0 Å². The molecule has 0 fully saturated rings. The summed E-state index contributed by atoms with van der Waals surface area (Å²) >= 11 is 5.42. The number of thiocarbonyl (C=S) groups is 1. The molecular weight excluding hydrogens is 374 g/mol. The Morgan fingerprint density at radius 1 is 1.14 bits per heavy atom. The van der Waals surface area contributed by atoms with E-state index in [0.717, 1.165) is 5.56 Å². The molecule has 0 aliphatic heterocycles. The van der Waals surface area contributed by atoms with Gasteiger partial charge in [0.2, 0.25) is 5.91 Å². The van der Waals surface area contributed by atoms with E-state index in [1.807, 2.05) is 44.2 Å². The summed E-state index contributed by atoms with van der Waals surface area (Å²) < 4.78 is 5.63. The van der Waals surface area contributed by atoms with Crippen molar-refractivity contribution in [2.24, 2.45) is 5.73 Å². The van der Waals surface area contributed by atoms with Gasteiger partial charge in [0.25, 0.3) is 5.91 Å². The number of nitrogens with two attached hydrogens (primary N) is 1. The van der Waals surface area contributed by atoms with Crippen LogP contribution in [-0.2, 0) is 11.3 Å². The first kappa shape index (κ1) is 21.4. The largest absolute Gasteiger partial charge is 0.491 e. The molecule has 0 saturated carbocycles. The van der Waals surface area contributed by atoms with Gasteiger partial charge in [0.1, 0.15) is 5.75 Å². The summed E-state index contributed by atoms with van der Waals surface area (Å²) in [6.07, 6.45) is 0.148. The first-order chi connectivity index (χ1) is 13.3. The second-order valence-corrected chi connectivity index (χ2v) is 6.96. The average molecular weight is 400 g/mol. The summed E-state index contributed by atoms with van der Waals surface area (Å²) in [5.74, 6) is -0.148. The van der Waals surface area contributed by atoms with Gasteiger partial charge < -0.3 is 15.4 Å². The molecule has 2 amide bonds. The van der Waals surface area contributed by atoms with Crippen LogP contribution >= 0.6 is 12.2 Å². The number of benzene rings is 2. The Morgan fingerprint density at radius 2 is 1.86 bits per heavy atom. The Hall–Kier alpha value is -2.93. The lowest BCUT2D eigenvalue weighted by Crippen LogP contribution is -2.43. The topological polar surface area (TPSA) is 84.7 Å². The van der Waals surface area contributed by atoms with Crippen LogP contribution in [0.2, 0.25) is 0 Å². The van der Waals surface area contributed by atoms with Crippen LogP contribution in [0.15, 0.2) is 54.6 Å². The number of primary amides is 1. The molecule has 7 heteroatoms. The lowest BCUT2D eigenvalue weighted by atomic mass is 10.2. The Morgan fingerprint density at radius 3 is 2.50 bits per heavy atom. The Balaban J connectivity index is 2.08. The lowest BCUT2D eigenvalue weighted by molar-refractivity contribution is -0.118. The summed E-state index contributed by atoms with van der Waals surface area (Å²) in [6.45, 7) is 4.62. The van der Waals surface area contributed by atoms with Crippen molar-refractivity contribution in [3.8, 4) is 5.75 Å². The van der Waals surface area contributed by atoms with E-state index in [4.69, 9.17) is 22.7 Å². The number of ether oxygens (including phenoxy) is 1. The molecule has 0 saturated heterocycles. The fourth-order valence-corrected chi connectivity index (χ4v) is 2.78. The second kappa shape index (κ2) is 10.4. The van der Waals surface area contributed by atoms with Crippen LogP contribution in [0.25, 0.3) is 0 Å². The highest BCUT2D eigenvalue weighted by atomic mass is 32.1. The van der Waals surface area contributed by atoms with Crippen LogP contribution in [0.1, 0.15) is 36.2 Å². The molecule has 2 aromatic rings. The number of carbonyl (C=O) groups excluding carboxylic acids is 2. The highest BCUT2D eigenvalue weighted by Gasteiger charge is 2.16. The molecule has 28 heavy (non-hydrogen) atoms. The quantitative estimate of drug-likeness (QED) is 0.667. The van der Waals surface area contributed by atoms with Gasteiger partial charge in [-0.15, -0.1) is 0 Å². The average Bonchev–Trinajstić information content (AvgIpc) is 2.65. The van der Waals surface area contributed by atoms with Crippen LogP contribution in [0, 0.1) is 0 Å². The van der Waals surface area contributed by atoms with Crippen molar-refractivity contribution in [1.82, 2.24) is 10.2 Å². The van der Waals surface area contributed by atoms with Gasteiger partial charge in [0.15, 0.2) is 5.11 Å². The number of amides is 2. The van der Waals surface area contributed by atoms with Crippen molar-refractivity contribution in [2.75, 3.05) is 6.54 Å². The van der Waals surface area contributed by atoms with Gasteiger partial charge in [0.05, 0.1) is 6.10 Å². The maximum Gasteiger partial charge on any atom is 0.257 e. The van der Waals surface area contributed by atoms with Crippen LogP contribution in [0.4, 0.5) is 0 Å². The minimum absolute atomic E-state index is 0.00884. The molecule has 2 aromatic carbocycles. The molecule has 0 unspecified atom stereocenters. The maximum absolute atomic E-state index is 12.6. The summed E-state index contributed by atoms with van der Waals surface area (Å²) in [5.41, 5.74) is 6.72. The number of rotatable bonds is 8. The molecule has 0 atom stereocenters. The van der Waals surface area contributed by atoms with Crippen molar-refractivity contribution in [3.63, 3.8) is 0 Å². The molecule has 148 valence electrons. The molecule has 0 heterocycles. The van der Waals surface area contributed by atoms with E-state index in [1.54, 1.807) is 29.2 Å². The first-order valence-electron chi connectivity index (χ1n) is 9.04. The maximum atomic E-state index is 12.6. The van der Waals surface area contributed by atoms with Crippen molar-refractivity contribution in [1.29, 1.82) is 0 Å². The van der Waals surface area contributed by atoms with Crippen molar-refractivity contribution in [3.05, 3.63) is 65.7 Å². The number of hydrogen-bond donors (Lipinski definition) is 2. The van der Waals surface area contributed by atoms with Gasteiger partial charge in [-0.05, 0) is 49.8 Å². The molecule has 0 spiro atoms. The van der Waals surface area contributed by atoms with E-state index in [1.165, 1.54) is 0 Å². The zero-order valence-corrected chi connectivity index (χ0v) is 16.9. The van der Waals surface area contributed by atoms with Crippen molar-refractivity contribution in [2.45, 2.75) is 32.9 Å². The molecule has 0 aliphatic carbocycles. The van der Waals surface area contributed by atoms with Crippen molar-refractivity contribution >= 4 is 29.1 Å². The molecule has 0 aromatic heterocycles. The number of hydrogen-bond acceptors (Lipinski definition) is 4. The highest BCUT2D eigenvalue weighted by molar-refractivity contribution is 7.80. The van der Waals surface area contributed by atoms with Crippen molar-refractivity contribution < 1.29 is 14.3 Å². The molecule has 3 N–H and O–H groups in total. The number of nitrogens with one attached hydrogen (secondary N) is 1. The van der Waals surface area contributed by atoms with Gasteiger partial charge in [0, 0.05) is 25.1 Å². The summed E-state index contributed by atoms with van der Waals surface area (Å²) in [4.78, 5) is 25.6. The zero-order valence-electron chi connectivity index (χ0n) is 16.1. The van der Waals surface area contributed by atoms with Crippen LogP contribution < -0.4 is 15.8 Å². The minimum Gasteiger partial charge on any atom is -0.491 e. The summed E-state index contributed by atoms with van der Waals surface area (Å²) in [6, 6.07) is 16.6. The monoisotopic (exact) mass is 399 g/mol. The van der Waals surface area contributed by atoms with E-state index in [-0.39, 0.29) is 23.5 Å². The third kappa shape index (κ3) is 7.00. The second-order valence-electron chi connectivity index (χ2n) is 6.58.